The van der Waals surface area contributed by atoms with E-state index in [0.717, 1.165) is 42.5 Å². The molecule has 2 amide bonds. The normalized spacial score (nSPS) is 14.5. The van der Waals surface area contributed by atoms with Crippen LogP contribution in [0.3, 0.4) is 0 Å². The molecule has 1 aliphatic rings. The van der Waals surface area contributed by atoms with Crippen LogP contribution in [0.5, 0.6) is 0 Å². The van der Waals surface area contributed by atoms with Gasteiger partial charge < -0.3 is 16.4 Å². The predicted octanol–water partition coefficient (Wildman–Crippen LogP) is 3.65. The molecule has 0 unspecified atom stereocenters. The van der Waals surface area contributed by atoms with Crippen molar-refractivity contribution in [1.29, 1.82) is 0 Å². The van der Waals surface area contributed by atoms with Crippen LogP contribution in [-0.4, -0.2) is 11.8 Å². The third-order valence-electron chi connectivity index (χ3n) is 5.00. The second kappa shape index (κ2) is 9.21. The minimum absolute atomic E-state index is 0.0450. The highest BCUT2D eigenvalue weighted by molar-refractivity contribution is 5.92. The number of nitrogens with two attached hydrogens (primary N) is 1. The van der Waals surface area contributed by atoms with Crippen molar-refractivity contribution in [2.45, 2.75) is 45.1 Å². The van der Waals surface area contributed by atoms with Crippen LogP contribution in [0.25, 0.3) is 0 Å². The Balaban J connectivity index is 1.50. The molecule has 4 N–H and O–H groups in total. The Morgan fingerprint density at radius 1 is 0.963 bits per heavy atom. The first kappa shape index (κ1) is 19.0. The third kappa shape index (κ3) is 5.84. The van der Waals surface area contributed by atoms with Crippen molar-refractivity contribution in [1.82, 2.24) is 5.32 Å². The molecule has 5 nitrogen and oxygen atoms in total. The maximum atomic E-state index is 12.4. The van der Waals surface area contributed by atoms with Crippen LogP contribution >= 0.6 is 0 Å². The summed E-state index contributed by atoms with van der Waals surface area (Å²) in [5.41, 5.74) is 9.02. The Kier molecular flexibility index (Phi) is 6.47. The molecule has 0 aromatic heterocycles. The van der Waals surface area contributed by atoms with Gasteiger partial charge in [-0.3, -0.25) is 9.59 Å². The molecule has 0 saturated heterocycles. The molecule has 142 valence electrons. The van der Waals surface area contributed by atoms with Gasteiger partial charge >= 0.3 is 0 Å². The van der Waals surface area contributed by atoms with Crippen LogP contribution in [0, 0.1) is 5.92 Å². The van der Waals surface area contributed by atoms with Gasteiger partial charge in [0.05, 0.1) is 6.42 Å². The van der Waals surface area contributed by atoms with Gasteiger partial charge in [0.15, 0.2) is 0 Å². The van der Waals surface area contributed by atoms with Gasteiger partial charge in [0, 0.05) is 23.8 Å². The number of carbonyl (C=O) groups excluding carboxylic acids is 2. The average Bonchev–Trinajstić information content (AvgIpc) is 2.69. The van der Waals surface area contributed by atoms with Gasteiger partial charge in [-0.2, -0.15) is 0 Å². The summed E-state index contributed by atoms with van der Waals surface area (Å²) < 4.78 is 0. The number of benzene rings is 2. The van der Waals surface area contributed by atoms with E-state index in [1.54, 1.807) is 12.1 Å². The van der Waals surface area contributed by atoms with E-state index in [9.17, 15) is 9.59 Å². The Morgan fingerprint density at radius 2 is 1.70 bits per heavy atom. The molecule has 2 aromatic carbocycles. The fraction of sp³-hybridized carbons (Fsp3) is 0.364. The smallest absolute Gasteiger partial charge is 0.227 e. The lowest BCUT2D eigenvalue weighted by molar-refractivity contribution is -0.121. The first-order chi connectivity index (χ1) is 13.1. The van der Waals surface area contributed by atoms with Crippen LogP contribution < -0.4 is 16.4 Å². The summed E-state index contributed by atoms with van der Waals surface area (Å²) >= 11 is 0. The number of amides is 2. The van der Waals surface area contributed by atoms with Gasteiger partial charge in [-0.15, -0.1) is 0 Å². The Hall–Kier alpha value is -2.82. The monoisotopic (exact) mass is 365 g/mol. The van der Waals surface area contributed by atoms with E-state index in [1.165, 1.54) is 6.42 Å². The Bertz CT molecular complexity index is 780. The Labute approximate surface area is 160 Å². The Morgan fingerprint density at radius 3 is 2.44 bits per heavy atom. The SMILES string of the molecule is Nc1ccc(CC(=O)NCc2cccc(NC(=O)C3CCCCC3)c2)cc1. The summed E-state index contributed by atoms with van der Waals surface area (Å²) in [5.74, 6) is 0.192. The molecule has 1 fully saturated rings. The quantitative estimate of drug-likeness (QED) is 0.683. The number of nitrogens with one attached hydrogen (secondary N) is 2. The predicted molar refractivity (Wildman–Crippen MR) is 108 cm³/mol. The fourth-order valence-corrected chi connectivity index (χ4v) is 3.45. The largest absolute Gasteiger partial charge is 0.399 e. The summed E-state index contributed by atoms with van der Waals surface area (Å²) in [6.45, 7) is 0.431. The fourth-order valence-electron chi connectivity index (χ4n) is 3.45. The lowest BCUT2D eigenvalue weighted by Gasteiger charge is -2.20. The number of rotatable bonds is 6. The molecule has 0 atom stereocenters. The van der Waals surface area contributed by atoms with Gasteiger partial charge in [-0.1, -0.05) is 43.5 Å². The topological polar surface area (TPSA) is 84.2 Å². The highest BCUT2D eigenvalue weighted by atomic mass is 16.2. The van der Waals surface area contributed by atoms with Crippen molar-refractivity contribution in [2.75, 3.05) is 11.1 Å². The zero-order valence-corrected chi connectivity index (χ0v) is 15.5. The van der Waals surface area contributed by atoms with Crippen molar-refractivity contribution in [3.63, 3.8) is 0 Å². The zero-order chi connectivity index (χ0) is 19.1. The lowest BCUT2D eigenvalue weighted by atomic mass is 9.88. The molecule has 0 bridgehead atoms. The second-order valence-corrected chi connectivity index (χ2v) is 7.22. The van der Waals surface area contributed by atoms with Gasteiger partial charge in [-0.25, -0.2) is 0 Å². The number of carbonyl (C=O) groups is 2. The van der Waals surface area contributed by atoms with Gasteiger partial charge in [0.2, 0.25) is 11.8 Å². The summed E-state index contributed by atoms with van der Waals surface area (Å²) in [6.07, 6.45) is 5.78. The molecule has 0 aliphatic heterocycles. The highest BCUT2D eigenvalue weighted by Crippen LogP contribution is 2.25. The number of hydrogen-bond donors (Lipinski definition) is 3. The first-order valence-electron chi connectivity index (χ1n) is 9.61. The third-order valence-corrected chi connectivity index (χ3v) is 5.00. The van der Waals surface area contributed by atoms with Crippen molar-refractivity contribution < 1.29 is 9.59 Å². The maximum absolute atomic E-state index is 12.4. The molecule has 1 saturated carbocycles. The summed E-state index contributed by atoms with van der Waals surface area (Å²) in [7, 11) is 0. The molecular weight excluding hydrogens is 338 g/mol. The molecule has 0 radical (unpaired) electrons. The average molecular weight is 365 g/mol. The highest BCUT2D eigenvalue weighted by Gasteiger charge is 2.21. The van der Waals surface area contributed by atoms with Crippen molar-refractivity contribution >= 4 is 23.2 Å². The minimum Gasteiger partial charge on any atom is -0.399 e. The van der Waals surface area contributed by atoms with Crippen LogP contribution in [-0.2, 0) is 22.6 Å². The molecule has 2 aromatic rings. The van der Waals surface area contributed by atoms with Gasteiger partial charge in [-0.05, 0) is 48.2 Å². The van der Waals surface area contributed by atoms with Crippen LogP contribution in [0.15, 0.2) is 48.5 Å². The lowest BCUT2D eigenvalue weighted by Crippen LogP contribution is -2.25. The summed E-state index contributed by atoms with van der Waals surface area (Å²) in [5, 5.41) is 5.94. The number of anilines is 2. The zero-order valence-electron chi connectivity index (χ0n) is 15.5. The molecule has 27 heavy (non-hydrogen) atoms. The molecular formula is C22H27N3O2. The van der Waals surface area contributed by atoms with E-state index in [-0.39, 0.29) is 17.7 Å². The number of nitrogen functional groups attached to an aromatic ring is 1. The summed E-state index contributed by atoms with van der Waals surface area (Å²) in [6, 6.07) is 15.0. The van der Waals surface area contributed by atoms with Crippen molar-refractivity contribution in [3.05, 3.63) is 59.7 Å². The molecule has 3 rings (SSSR count). The molecule has 5 heteroatoms. The van der Waals surface area contributed by atoms with Crippen LogP contribution in [0.1, 0.15) is 43.2 Å². The van der Waals surface area contributed by atoms with Crippen LogP contribution in [0.2, 0.25) is 0 Å². The second-order valence-electron chi connectivity index (χ2n) is 7.22. The van der Waals surface area contributed by atoms with E-state index in [2.05, 4.69) is 10.6 Å². The number of hydrogen-bond acceptors (Lipinski definition) is 3. The van der Waals surface area contributed by atoms with Crippen LogP contribution in [0.4, 0.5) is 11.4 Å². The van der Waals surface area contributed by atoms with E-state index < -0.39 is 0 Å². The minimum atomic E-state index is -0.0450. The molecule has 1 aliphatic carbocycles. The van der Waals surface area contributed by atoms with E-state index >= 15 is 0 Å². The van der Waals surface area contributed by atoms with Crippen molar-refractivity contribution in [2.24, 2.45) is 5.92 Å². The molecule has 0 spiro atoms. The molecule has 0 heterocycles. The van der Waals surface area contributed by atoms with E-state index in [4.69, 9.17) is 5.73 Å². The summed E-state index contributed by atoms with van der Waals surface area (Å²) in [4.78, 5) is 24.5. The van der Waals surface area contributed by atoms with Gasteiger partial charge in [0.25, 0.3) is 0 Å². The van der Waals surface area contributed by atoms with E-state index in [0.29, 0.717) is 18.7 Å². The standard InChI is InChI=1S/C22H27N3O2/c23-19-11-9-16(10-12-19)14-21(26)24-15-17-5-4-8-20(13-17)25-22(27)18-6-2-1-3-7-18/h4-5,8-13,18H,1-3,6-7,14-15,23H2,(H,24,26)(H,25,27). The van der Waals surface area contributed by atoms with Crippen molar-refractivity contribution in [3.8, 4) is 0 Å². The van der Waals surface area contributed by atoms with E-state index in [1.807, 2.05) is 36.4 Å². The maximum Gasteiger partial charge on any atom is 0.227 e. The first-order valence-corrected chi connectivity index (χ1v) is 9.61. The van der Waals surface area contributed by atoms with Gasteiger partial charge in [0.1, 0.15) is 0 Å².